The molecule has 1 heterocycles. The molecule has 1 aliphatic rings. The number of nitrogens with one attached hydrogen (secondary N) is 1. The summed E-state index contributed by atoms with van der Waals surface area (Å²) >= 11 is 0. The van der Waals surface area contributed by atoms with E-state index in [0.717, 1.165) is 25.7 Å². The molecule has 0 radical (unpaired) electrons. The van der Waals surface area contributed by atoms with E-state index in [1.165, 1.54) is 16.9 Å². The molecule has 0 saturated heterocycles. The number of nitrogens with two attached hydrogens (primary N) is 1. The third-order valence-corrected chi connectivity index (χ3v) is 4.74. The highest BCUT2D eigenvalue weighted by Crippen LogP contribution is 2.19. The molecule has 1 aliphatic carbocycles. The average Bonchev–Trinajstić information content (AvgIpc) is 2.68. The van der Waals surface area contributed by atoms with Gasteiger partial charge in [0.2, 0.25) is 0 Å². The quantitative estimate of drug-likeness (QED) is 0.796. The first-order chi connectivity index (χ1) is 8.00. The number of hydrogen-bond acceptors (Lipinski definition) is 4. The lowest BCUT2D eigenvalue weighted by Crippen LogP contribution is -2.49. The molecule has 0 bridgehead atoms. The van der Waals surface area contributed by atoms with Crippen LogP contribution in [0.15, 0.2) is 17.3 Å². The van der Waals surface area contributed by atoms with Gasteiger partial charge in [-0.1, -0.05) is 12.8 Å². The van der Waals surface area contributed by atoms with Crippen LogP contribution in [0.3, 0.4) is 0 Å². The van der Waals surface area contributed by atoms with Crippen molar-refractivity contribution >= 4 is 10.0 Å². The molecule has 3 N–H and O–H groups in total. The van der Waals surface area contributed by atoms with Gasteiger partial charge in [-0.3, -0.25) is 4.68 Å². The van der Waals surface area contributed by atoms with Crippen LogP contribution in [0, 0.1) is 0 Å². The fourth-order valence-corrected chi connectivity index (χ4v) is 3.64. The summed E-state index contributed by atoms with van der Waals surface area (Å²) in [6.07, 6.45) is 5.24. The molecule has 0 spiro atoms. The maximum atomic E-state index is 12.1. The summed E-state index contributed by atoms with van der Waals surface area (Å²) in [6.45, 7) is 0. The number of sulfonamides is 1. The summed E-state index contributed by atoms with van der Waals surface area (Å²) in [7, 11) is -1.90. The lowest BCUT2D eigenvalue weighted by atomic mass is 9.92. The van der Waals surface area contributed by atoms with Crippen LogP contribution in [0.4, 0.5) is 0 Å². The zero-order valence-electron chi connectivity index (χ0n) is 9.83. The smallest absolute Gasteiger partial charge is 0.258 e. The Kier molecular flexibility index (Phi) is 3.50. The highest BCUT2D eigenvalue weighted by Gasteiger charge is 2.28. The van der Waals surface area contributed by atoms with Crippen molar-refractivity contribution in [3.63, 3.8) is 0 Å². The van der Waals surface area contributed by atoms with Crippen molar-refractivity contribution in [2.75, 3.05) is 0 Å². The second-order valence-corrected chi connectivity index (χ2v) is 6.13. The Morgan fingerprint density at radius 2 is 2.18 bits per heavy atom. The van der Waals surface area contributed by atoms with Gasteiger partial charge in [-0.05, 0) is 18.9 Å². The minimum atomic E-state index is -3.51. The van der Waals surface area contributed by atoms with E-state index < -0.39 is 10.0 Å². The molecule has 2 atom stereocenters. The first kappa shape index (κ1) is 12.5. The van der Waals surface area contributed by atoms with E-state index in [0.29, 0.717) is 0 Å². The van der Waals surface area contributed by atoms with Crippen LogP contribution in [-0.2, 0) is 17.1 Å². The van der Waals surface area contributed by atoms with Crippen molar-refractivity contribution in [3.05, 3.63) is 12.3 Å². The Morgan fingerprint density at radius 3 is 2.76 bits per heavy atom. The minimum absolute atomic E-state index is 0.0910. The van der Waals surface area contributed by atoms with Gasteiger partial charge >= 0.3 is 0 Å². The zero-order valence-corrected chi connectivity index (χ0v) is 10.7. The Hall–Kier alpha value is -0.920. The lowest BCUT2D eigenvalue weighted by Gasteiger charge is -2.28. The van der Waals surface area contributed by atoms with Gasteiger partial charge < -0.3 is 5.73 Å². The van der Waals surface area contributed by atoms with E-state index in [4.69, 9.17) is 5.73 Å². The van der Waals surface area contributed by atoms with Crippen LogP contribution < -0.4 is 10.5 Å². The Balaban J connectivity index is 2.15. The molecule has 1 aromatic rings. The number of nitrogens with zero attached hydrogens (tertiary/aromatic N) is 2. The summed E-state index contributed by atoms with van der Waals surface area (Å²) in [5.74, 6) is 0. The van der Waals surface area contributed by atoms with Crippen LogP contribution in [0.1, 0.15) is 25.7 Å². The molecule has 1 aromatic heterocycles. The van der Waals surface area contributed by atoms with E-state index in [1.54, 1.807) is 7.05 Å². The predicted octanol–water partition coefficient (Wildman–Crippen LogP) is -0.0317. The number of rotatable bonds is 3. The molecule has 2 rings (SSSR count). The van der Waals surface area contributed by atoms with Gasteiger partial charge in [-0.2, -0.15) is 5.10 Å². The van der Waals surface area contributed by atoms with Gasteiger partial charge in [0, 0.05) is 19.1 Å². The second-order valence-electron chi connectivity index (χ2n) is 4.47. The number of aryl methyl sites for hydroxylation is 1. The van der Waals surface area contributed by atoms with Gasteiger partial charge in [0.05, 0.1) is 6.20 Å². The van der Waals surface area contributed by atoms with Crippen LogP contribution in [0.25, 0.3) is 0 Å². The fourth-order valence-electron chi connectivity index (χ4n) is 2.19. The summed E-state index contributed by atoms with van der Waals surface area (Å²) in [4.78, 5) is 0. The Morgan fingerprint density at radius 1 is 1.47 bits per heavy atom. The highest BCUT2D eigenvalue weighted by molar-refractivity contribution is 7.89. The molecule has 7 heteroatoms. The van der Waals surface area contributed by atoms with E-state index in [1.807, 2.05) is 0 Å². The van der Waals surface area contributed by atoms with Crippen LogP contribution in [-0.4, -0.2) is 30.3 Å². The van der Waals surface area contributed by atoms with Gasteiger partial charge in [-0.25, -0.2) is 13.1 Å². The topological polar surface area (TPSA) is 90.0 Å². The molecular weight excluding hydrogens is 240 g/mol. The first-order valence-corrected chi connectivity index (χ1v) is 7.25. The van der Waals surface area contributed by atoms with Gasteiger partial charge in [-0.15, -0.1) is 0 Å². The Labute approximate surface area is 101 Å². The molecule has 0 aliphatic heterocycles. The molecule has 0 amide bonds. The normalized spacial score (nSPS) is 26.0. The third-order valence-electron chi connectivity index (χ3n) is 3.18. The minimum Gasteiger partial charge on any atom is -0.326 e. The molecule has 6 nitrogen and oxygen atoms in total. The SMILES string of the molecule is Cn1nccc1S(=O)(=O)NC1CCCCC1N. The van der Waals surface area contributed by atoms with E-state index in [2.05, 4.69) is 9.82 Å². The predicted molar refractivity (Wildman–Crippen MR) is 63.8 cm³/mol. The lowest BCUT2D eigenvalue weighted by molar-refractivity contribution is 0.360. The maximum absolute atomic E-state index is 12.1. The van der Waals surface area contributed by atoms with Crippen LogP contribution in [0.2, 0.25) is 0 Å². The number of hydrogen-bond donors (Lipinski definition) is 2. The van der Waals surface area contributed by atoms with Crippen molar-refractivity contribution < 1.29 is 8.42 Å². The van der Waals surface area contributed by atoms with Crippen LogP contribution >= 0.6 is 0 Å². The van der Waals surface area contributed by atoms with Gasteiger partial charge in [0.25, 0.3) is 10.0 Å². The maximum Gasteiger partial charge on any atom is 0.258 e. The highest BCUT2D eigenvalue weighted by atomic mass is 32.2. The van der Waals surface area contributed by atoms with Crippen molar-refractivity contribution in [2.24, 2.45) is 12.8 Å². The van der Waals surface area contributed by atoms with E-state index >= 15 is 0 Å². The fraction of sp³-hybridized carbons (Fsp3) is 0.700. The van der Waals surface area contributed by atoms with Gasteiger partial charge in [0.1, 0.15) is 0 Å². The van der Waals surface area contributed by atoms with E-state index in [-0.39, 0.29) is 17.1 Å². The molecule has 2 unspecified atom stereocenters. The monoisotopic (exact) mass is 258 g/mol. The summed E-state index contributed by atoms with van der Waals surface area (Å²) < 4.78 is 28.2. The molecule has 17 heavy (non-hydrogen) atoms. The molecule has 96 valence electrons. The van der Waals surface area contributed by atoms with E-state index in [9.17, 15) is 8.42 Å². The standard InChI is InChI=1S/C10H18N4O2S/c1-14-10(6-7-12-14)17(15,16)13-9-5-3-2-4-8(9)11/h6-9,13H,2-5,11H2,1H3. The molecule has 1 saturated carbocycles. The Bertz CT molecular complexity index is 482. The zero-order chi connectivity index (χ0) is 12.5. The summed E-state index contributed by atoms with van der Waals surface area (Å²) in [6, 6.07) is 1.23. The summed E-state index contributed by atoms with van der Waals surface area (Å²) in [5.41, 5.74) is 5.93. The average molecular weight is 258 g/mol. The van der Waals surface area contributed by atoms with Crippen molar-refractivity contribution in [3.8, 4) is 0 Å². The molecular formula is C10H18N4O2S. The molecule has 1 fully saturated rings. The first-order valence-electron chi connectivity index (χ1n) is 5.76. The number of aromatic nitrogens is 2. The second kappa shape index (κ2) is 4.75. The largest absolute Gasteiger partial charge is 0.326 e. The summed E-state index contributed by atoms with van der Waals surface area (Å²) in [5, 5.41) is 4.04. The van der Waals surface area contributed by atoms with Crippen molar-refractivity contribution in [2.45, 2.75) is 42.8 Å². The van der Waals surface area contributed by atoms with Crippen LogP contribution in [0.5, 0.6) is 0 Å². The van der Waals surface area contributed by atoms with Crippen molar-refractivity contribution in [1.29, 1.82) is 0 Å². The van der Waals surface area contributed by atoms with Crippen molar-refractivity contribution in [1.82, 2.24) is 14.5 Å². The van der Waals surface area contributed by atoms with Gasteiger partial charge in [0.15, 0.2) is 5.03 Å². The third kappa shape index (κ3) is 2.67. The molecule has 0 aromatic carbocycles.